The summed E-state index contributed by atoms with van der Waals surface area (Å²) in [6, 6.07) is 5.06. The molecule has 2 aliphatic heterocycles. The van der Waals surface area contributed by atoms with Crippen molar-refractivity contribution in [1.82, 2.24) is 10.4 Å². The maximum Gasteiger partial charge on any atom is 0.409 e. The minimum absolute atomic E-state index is 0.0659. The summed E-state index contributed by atoms with van der Waals surface area (Å²) in [4.78, 5) is 37.5. The number of nitrogens with zero attached hydrogens (tertiary/aromatic N) is 1. The average Bonchev–Trinajstić information content (AvgIpc) is 2.66. The van der Waals surface area contributed by atoms with Crippen LogP contribution in [0.15, 0.2) is 24.3 Å². The summed E-state index contributed by atoms with van der Waals surface area (Å²) in [5.74, 6) is -0.250. The lowest BCUT2D eigenvalue weighted by molar-refractivity contribution is -0.124. The molecule has 2 N–H and O–H groups in total. The molecule has 27 heavy (non-hydrogen) atoms. The van der Waals surface area contributed by atoms with E-state index in [1.54, 1.807) is 30.0 Å². The number of hydroxylamine groups is 1. The van der Waals surface area contributed by atoms with E-state index in [2.05, 4.69) is 0 Å². The predicted molar refractivity (Wildman–Crippen MR) is 95.5 cm³/mol. The molecule has 1 unspecified atom stereocenters. The number of ketones is 1. The van der Waals surface area contributed by atoms with Crippen molar-refractivity contribution in [1.29, 1.82) is 0 Å². The molecule has 0 radical (unpaired) electrons. The highest BCUT2D eigenvalue weighted by molar-refractivity contribution is 6.01. The van der Waals surface area contributed by atoms with Crippen molar-refractivity contribution < 1.29 is 29.1 Å². The molecule has 0 aliphatic carbocycles. The Kier molecular flexibility index (Phi) is 5.46. The van der Waals surface area contributed by atoms with Gasteiger partial charge in [-0.25, -0.2) is 10.3 Å². The molecular formula is C19H22N2O6. The highest BCUT2D eigenvalue weighted by atomic mass is 16.6. The predicted octanol–water partition coefficient (Wildman–Crippen LogP) is 2.16. The van der Waals surface area contributed by atoms with Crippen LogP contribution >= 0.6 is 0 Å². The fourth-order valence-electron chi connectivity index (χ4n) is 3.52. The smallest absolute Gasteiger partial charge is 0.409 e. The molecule has 8 nitrogen and oxygen atoms in total. The van der Waals surface area contributed by atoms with Crippen LogP contribution in [0.4, 0.5) is 4.79 Å². The van der Waals surface area contributed by atoms with Crippen molar-refractivity contribution in [2.75, 3.05) is 19.7 Å². The molecule has 2 amide bonds. The third-order valence-corrected chi connectivity index (χ3v) is 4.72. The number of carbonyl (C=O) groups excluding carboxylic acids is 3. The summed E-state index contributed by atoms with van der Waals surface area (Å²) in [5, 5.41) is 8.52. The molecule has 0 saturated carbocycles. The van der Waals surface area contributed by atoms with Gasteiger partial charge in [0.25, 0.3) is 5.91 Å². The van der Waals surface area contributed by atoms with Crippen LogP contribution in [0.2, 0.25) is 0 Å². The van der Waals surface area contributed by atoms with Crippen molar-refractivity contribution in [3.05, 3.63) is 35.4 Å². The summed E-state index contributed by atoms with van der Waals surface area (Å²) in [5.41, 5.74) is 1.86. The molecule has 1 aromatic carbocycles. The summed E-state index contributed by atoms with van der Waals surface area (Å²) >= 11 is 0. The molecule has 1 saturated heterocycles. The van der Waals surface area contributed by atoms with Gasteiger partial charge in [0.2, 0.25) is 0 Å². The summed E-state index contributed by atoms with van der Waals surface area (Å²) in [6.07, 6.45) is 3.87. The number of hydrogen-bond donors (Lipinski definition) is 2. The van der Waals surface area contributed by atoms with E-state index >= 15 is 0 Å². The average molecular weight is 374 g/mol. The minimum Gasteiger partial charge on any atom is -0.484 e. The molecule has 2 aliphatic rings. The van der Waals surface area contributed by atoms with Gasteiger partial charge >= 0.3 is 6.09 Å². The Hall–Kier alpha value is -2.87. The topological polar surface area (TPSA) is 105 Å². The Morgan fingerprint density at radius 2 is 2.26 bits per heavy atom. The van der Waals surface area contributed by atoms with Crippen molar-refractivity contribution in [3.63, 3.8) is 0 Å². The van der Waals surface area contributed by atoms with E-state index in [0.29, 0.717) is 43.0 Å². The molecule has 1 atom stereocenters. The normalized spacial score (nSPS) is 21.7. The fraction of sp³-hybridized carbons (Fsp3) is 0.421. The Bertz CT molecular complexity index is 790. The highest BCUT2D eigenvalue weighted by Gasteiger charge is 2.45. The van der Waals surface area contributed by atoms with Crippen molar-refractivity contribution >= 4 is 23.9 Å². The molecule has 1 aromatic rings. The molecule has 8 heteroatoms. The molecule has 1 spiro atoms. The summed E-state index contributed by atoms with van der Waals surface area (Å²) < 4.78 is 11.2. The second-order valence-corrected chi connectivity index (χ2v) is 6.67. The SMILES string of the molecule is CCOC(=O)N1CCCC2(CC(=O)c3cc(/C=C/C(=O)NO)ccc3O2)C1. The first-order chi connectivity index (χ1) is 13.0. The first-order valence-electron chi connectivity index (χ1n) is 8.86. The quantitative estimate of drug-likeness (QED) is 0.477. The number of likely N-dealkylation sites (tertiary alicyclic amines) is 1. The van der Waals surface area contributed by atoms with Gasteiger partial charge in [-0.15, -0.1) is 0 Å². The lowest BCUT2D eigenvalue weighted by atomic mass is 9.83. The first kappa shape index (κ1) is 18.9. The number of nitrogens with one attached hydrogen (secondary N) is 1. The fourth-order valence-corrected chi connectivity index (χ4v) is 3.52. The van der Waals surface area contributed by atoms with Crippen LogP contribution < -0.4 is 10.2 Å². The van der Waals surface area contributed by atoms with E-state index in [9.17, 15) is 14.4 Å². The number of amides is 2. The lowest BCUT2D eigenvalue weighted by Gasteiger charge is -2.44. The third-order valence-electron chi connectivity index (χ3n) is 4.72. The van der Waals surface area contributed by atoms with Crippen LogP contribution in [0.3, 0.4) is 0 Å². The number of rotatable bonds is 3. The van der Waals surface area contributed by atoms with Gasteiger partial charge < -0.3 is 14.4 Å². The van der Waals surface area contributed by atoms with Gasteiger partial charge in [-0.05, 0) is 43.5 Å². The summed E-state index contributed by atoms with van der Waals surface area (Å²) in [6.45, 7) is 2.96. The van der Waals surface area contributed by atoms with Crippen LogP contribution in [-0.2, 0) is 9.53 Å². The summed E-state index contributed by atoms with van der Waals surface area (Å²) in [7, 11) is 0. The maximum absolute atomic E-state index is 12.7. The molecule has 3 rings (SSSR count). The van der Waals surface area contributed by atoms with E-state index in [1.807, 2.05) is 0 Å². The Morgan fingerprint density at radius 3 is 3.00 bits per heavy atom. The highest BCUT2D eigenvalue weighted by Crippen LogP contribution is 2.39. The zero-order valence-corrected chi connectivity index (χ0v) is 15.1. The molecule has 0 aromatic heterocycles. The standard InChI is InChI=1S/C19H22N2O6/c1-2-26-18(24)21-9-3-8-19(12-21)11-15(22)14-10-13(4-6-16(14)27-19)5-7-17(23)20-25/h4-7,10,25H,2-3,8-9,11-12H2,1H3,(H,20,23)/b7-5+. The largest absolute Gasteiger partial charge is 0.484 e. The maximum atomic E-state index is 12.7. The van der Waals surface area contributed by atoms with E-state index in [1.165, 1.54) is 11.6 Å². The van der Waals surface area contributed by atoms with Crippen molar-refractivity contribution in [3.8, 4) is 5.75 Å². The van der Waals surface area contributed by atoms with Crippen LogP contribution in [-0.4, -0.2) is 53.2 Å². The number of fused-ring (bicyclic) bond motifs is 1. The van der Waals surface area contributed by atoms with Gasteiger partial charge in [-0.2, -0.15) is 0 Å². The number of carbonyl (C=O) groups is 3. The third kappa shape index (κ3) is 4.11. The van der Waals surface area contributed by atoms with Crippen LogP contribution in [0, 0.1) is 0 Å². The van der Waals surface area contributed by atoms with Crippen LogP contribution in [0.5, 0.6) is 5.75 Å². The molecule has 144 valence electrons. The van der Waals surface area contributed by atoms with E-state index in [4.69, 9.17) is 14.7 Å². The number of benzene rings is 1. The number of piperidine rings is 1. The van der Waals surface area contributed by atoms with Crippen LogP contribution in [0.1, 0.15) is 42.1 Å². The Balaban J connectivity index is 1.80. The van der Waals surface area contributed by atoms with Gasteiger partial charge in [0.1, 0.15) is 11.4 Å². The Morgan fingerprint density at radius 1 is 1.44 bits per heavy atom. The minimum atomic E-state index is -0.733. The van der Waals surface area contributed by atoms with Gasteiger partial charge in [-0.3, -0.25) is 14.8 Å². The molecule has 2 heterocycles. The lowest BCUT2D eigenvalue weighted by Crippen LogP contribution is -2.56. The van der Waals surface area contributed by atoms with E-state index < -0.39 is 11.5 Å². The van der Waals surface area contributed by atoms with Gasteiger partial charge in [0.15, 0.2) is 5.78 Å². The van der Waals surface area contributed by atoms with Crippen LogP contribution in [0.25, 0.3) is 6.08 Å². The van der Waals surface area contributed by atoms with Gasteiger partial charge in [-0.1, -0.05) is 6.07 Å². The zero-order chi connectivity index (χ0) is 19.4. The number of ether oxygens (including phenoxy) is 2. The van der Waals surface area contributed by atoms with Gasteiger partial charge in [0.05, 0.1) is 25.1 Å². The molecule has 0 bridgehead atoms. The molecular weight excluding hydrogens is 352 g/mol. The number of Topliss-reactive ketones (excluding diaryl/α,β-unsaturated/α-hetero) is 1. The van der Waals surface area contributed by atoms with Crippen molar-refractivity contribution in [2.45, 2.75) is 31.8 Å². The van der Waals surface area contributed by atoms with Gasteiger partial charge in [0, 0.05) is 12.6 Å². The van der Waals surface area contributed by atoms with E-state index in [-0.39, 0.29) is 18.3 Å². The van der Waals surface area contributed by atoms with Crippen molar-refractivity contribution in [2.24, 2.45) is 0 Å². The first-order valence-corrected chi connectivity index (χ1v) is 8.86. The second kappa shape index (κ2) is 7.79. The monoisotopic (exact) mass is 374 g/mol. The zero-order valence-electron chi connectivity index (χ0n) is 15.1. The molecule has 1 fully saturated rings. The number of hydrogen-bond acceptors (Lipinski definition) is 6. The Labute approximate surface area is 156 Å². The second-order valence-electron chi connectivity index (χ2n) is 6.67. The van der Waals surface area contributed by atoms with E-state index in [0.717, 1.165) is 12.5 Å².